The number of hydrogen-bond donors (Lipinski definition) is 2. The minimum absolute atomic E-state index is 0.0482. The largest absolute Gasteiger partial charge is 0.493 e. The molecule has 3 aliphatic carbocycles. The molecule has 1 saturated carbocycles. The molecule has 3 aliphatic rings. The van der Waals surface area contributed by atoms with E-state index in [1.807, 2.05) is 55.5 Å². The van der Waals surface area contributed by atoms with Crippen molar-refractivity contribution in [1.82, 2.24) is 9.88 Å². The lowest BCUT2D eigenvalue weighted by atomic mass is 9.59. The number of rotatable bonds is 12. The Morgan fingerprint density at radius 2 is 1.92 bits per heavy atom. The van der Waals surface area contributed by atoms with E-state index in [2.05, 4.69) is 24.1 Å². The highest BCUT2D eigenvalue weighted by atomic mass is 35.5. The number of halogens is 1. The molecule has 1 unspecified atom stereocenters. The molecule has 0 aliphatic heterocycles. The minimum atomic E-state index is -3.49. The molecule has 3 atom stereocenters. The minimum Gasteiger partial charge on any atom is -0.493 e. The van der Waals surface area contributed by atoms with Gasteiger partial charge in [0.1, 0.15) is 11.3 Å². The Morgan fingerprint density at radius 3 is 2.63 bits per heavy atom. The number of aliphatic carboxylic acids is 1. The summed E-state index contributed by atoms with van der Waals surface area (Å²) >= 11 is 6.26. The van der Waals surface area contributed by atoms with E-state index < -0.39 is 21.3 Å². The molecule has 1 heterocycles. The number of aryl methyl sites for hydroxylation is 1. The van der Waals surface area contributed by atoms with Crippen LogP contribution in [-0.2, 0) is 32.9 Å². The molecular weight excluding hydrogens is 658 g/mol. The summed E-state index contributed by atoms with van der Waals surface area (Å²) in [5.74, 6) is 0.996. The van der Waals surface area contributed by atoms with Gasteiger partial charge in [0.25, 0.3) is 0 Å². The van der Waals surface area contributed by atoms with Crippen LogP contribution in [0.25, 0.3) is 0 Å². The lowest BCUT2D eigenvalue weighted by Gasteiger charge is -2.47. The molecule has 2 aromatic carbocycles. The van der Waals surface area contributed by atoms with Gasteiger partial charge in [-0.3, -0.25) is 4.98 Å². The number of ether oxygens (including phenoxy) is 1. The van der Waals surface area contributed by atoms with E-state index in [0.717, 1.165) is 49.1 Å². The highest BCUT2D eigenvalue weighted by Gasteiger charge is 2.54. The van der Waals surface area contributed by atoms with Crippen LogP contribution in [0.1, 0.15) is 87.1 Å². The number of anilines is 1. The van der Waals surface area contributed by atoms with Crippen molar-refractivity contribution in [1.29, 1.82) is 0 Å². The zero-order valence-electron chi connectivity index (χ0n) is 29.2. The van der Waals surface area contributed by atoms with Gasteiger partial charge in [-0.15, -0.1) is 0 Å². The number of nitrogens with zero attached hydrogens (tertiary/aromatic N) is 2. The molecule has 1 spiro atoms. The Balaban J connectivity index is 1.27. The number of benzene rings is 2. The molecule has 1 fully saturated rings. The van der Waals surface area contributed by atoms with Gasteiger partial charge in [0, 0.05) is 34.7 Å². The fourth-order valence-corrected chi connectivity index (χ4v) is 10.3. The molecule has 264 valence electrons. The number of aromatic nitrogens is 1. The number of pyridine rings is 1. The van der Waals surface area contributed by atoms with Crippen molar-refractivity contribution in [2.75, 3.05) is 38.3 Å². The molecule has 8 nitrogen and oxygen atoms in total. The van der Waals surface area contributed by atoms with Crippen molar-refractivity contribution < 1.29 is 23.1 Å². The van der Waals surface area contributed by atoms with Gasteiger partial charge < -0.3 is 20.1 Å². The average Bonchev–Trinajstić information content (AvgIpc) is 3.35. The summed E-state index contributed by atoms with van der Waals surface area (Å²) in [5.41, 5.74) is 3.85. The molecule has 49 heavy (non-hydrogen) atoms. The third-order valence-electron chi connectivity index (χ3n) is 11.4. The first-order valence-corrected chi connectivity index (χ1v) is 19.7. The topological polar surface area (TPSA) is 109 Å². The summed E-state index contributed by atoms with van der Waals surface area (Å²) in [4.78, 5) is 19.8. The van der Waals surface area contributed by atoms with Crippen LogP contribution in [0.15, 0.2) is 59.6 Å². The van der Waals surface area contributed by atoms with E-state index in [0.29, 0.717) is 60.4 Å². The monoisotopic (exact) mass is 707 g/mol. The summed E-state index contributed by atoms with van der Waals surface area (Å²) in [6.07, 6.45) is 8.96. The Kier molecular flexibility index (Phi) is 10.4. The van der Waals surface area contributed by atoms with Gasteiger partial charge in [0.05, 0.1) is 17.3 Å². The third kappa shape index (κ3) is 7.35. The van der Waals surface area contributed by atoms with E-state index in [1.54, 1.807) is 18.2 Å². The van der Waals surface area contributed by atoms with Crippen LogP contribution in [0.2, 0.25) is 5.02 Å². The summed E-state index contributed by atoms with van der Waals surface area (Å²) in [5, 5.41) is 14.5. The van der Waals surface area contributed by atoms with Crippen molar-refractivity contribution in [3.63, 3.8) is 0 Å². The van der Waals surface area contributed by atoms with Gasteiger partial charge in [0.15, 0.2) is 9.84 Å². The van der Waals surface area contributed by atoms with Crippen LogP contribution in [0.3, 0.4) is 0 Å². The summed E-state index contributed by atoms with van der Waals surface area (Å²) < 4.78 is 33.5. The maximum Gasteiger partial charge on any atom is 0.329 e. The second kappa shape index (κ2) is 14.2. The Labute approximate surface area is 296 Å². The van der Waals surface area contributed by atoms with E-state index in [1.165, 1.54) is 11.1 Å². The molecule has 0 bridgehead atoms. The Hall–Kier alpha value is -3.14. The number of carboxylic acid groups (broad SMARTS) is 1. The van der Waals surface area contributed by atoms with Crippen molar-refractivity contribution >= 4 is 33.1 Å². The van der Waals surface area contributed by atoms with E-state index in [-0.39, 0.29) is 23.0 Å². The maximum atomic E-state index is 13.5. The van der Waals surface area contributed by atoms with Crippen molar-refractivity contribution in [3.05, 3.63) is 82.1 Å². The number of nitrogens with one attached hydrogen (secondary N) is 1. The Bertz CT molecular complexity index is 1790. The molecule has 6 rings (SSSR count). The molecule has 10 heteroatoms. The SMILES string of the molecule is C[C@@H](COc1ccnc2c1[C@H](C)CCC2)CC1Cc2ccc(S(=O)(=O)CCN(C)C)cc2C12CCC(Nc1cccc(Cl)c1)(C(=O)O)CC2. The summed E-state index contributed by atoms with van der Waals surface area (Å²) in [6.45, 7) is 5.51. The lowest BCUT2D eigenvalue weighted by Crippen LogP contribution is -2.53. The molecule has 2 N–H and O–H groups in total. The fraction of sp³-hybridized carbons (Fsp3) is 0.538. The van der Waals surface area contributed by atoms with Crippen LogP contribution < -0.4 is 10.1 Å². The van der Waals surface area contributed by atoms with E-state index in [4.69, 9.17) is 16.3 Å². The molecule has 3 aromatic rings. The number of carboxylic acids is 1. The maximum absolute atomic E-state index is 13.5. The van der Waals surface area contributed by atoms with Gasteiger partial charge in [-0.1, -0.05) is 37.6 Å². The highest BCUT2D eigenvalue weighted by molar-refractivity contribution is 7.91. The predicted octanol–water partition coefficient (Wildman–Crippen LogP) is 7.53. The second-order valence-electron chi connectivity index (χ2n) is 15.1. The standard InChI is InChI=1S/C39H50ClN3O5S/c1-26(25-48-35-13-18-41-34-10-5-7-27(2)36(34)35)21-29-22-28-11-12-32(49(46,47)20-19-43(3)4)24-33(28)38(29)14-16-39(17-15-38,37(44)45)42-31-9-6-8-30(40)23-31/h6,8-9,11-13,18,23-24,26-27,29,42H,5,7,10,14-17,19-22,25H2,1-4H3,(H,44,45)/t26-,27-,29?,38?,39?/m1/s1. The zero-order valence-corrected chi connectivity index (χ0v) is 30.7. The predicted molar refractivity (Wildman–Crippen MR) is 195 cm³/mol. The number of fused-ring (bicyclic) bond motifs is 3. The lowest BCUT2D eigenvalue weighted by molar-refractivity contribution is -0.144. The fourth-order valence-electron chi connectivity index (χ4n) is 8.69. The molecular formula is C39H50ClN3O5S. The van der Waals surface area contributed by atoms with Crippen molar-refractivity contribution in [2.24, 2.45) is 11.8 Å². The smallest absolute Gasteiger partial charge is 0.329 e. The normalized spacial score (nSPS) is 25.5. The van der Waals surface area contributed by atoms with Gasteiger partial charge >= 0.3 is 5.97 Å². The third-order valence-corrected chi connectivity index (χ3v) is 13.4. The van der Waals surface area contributed by atoms with Gasteiger partial charge in [-0.2, -0.15) is 0 Å². The molecule has 1 aromatic heterocycles. The number of sulfone groups is 1. The molecule has 0 radical (unpaired) electrons. The van der Waals surface area contributed by atoms with E-state index in [9.17, 15) is 18.3 Å². The van der Waals surface area contributed by atoms with Crippen molar-refractivity contribution in [3.8, 4) is 5.75 Å². The summed E-state index contributed by atoms with van der Waals surface area (Å²) in [6, 6.07) is 14.9. The second-order valence-corrected chi connectivity index (χ2v) is 17.7. The van der Waals surface area contributed by atoms with Crippen LogP contribution in [0.4, 0.5) is 5.69 Å². The average molecular weight is 708 g/mol. The van der Waals surface area contributed by atoms with Gasteiger partial charge in [0.2, 0.25) is 0 Å². The van der Waals surface area contributed by atoms with Gasteiger partial charge in [-0.05, 0) is 143 Å². The molecule has 0 amide bonds. The van der Waals surface area contributed by atoms with Crippen LogP contribution >= 0.6 is 11.6 Å². The summed E-state index contributed by atoms with van der Waals surface area (Å²) in [7, 11) is 0.261. The first-order chi connectivity index (χ1) is 23.3. The van der Waals surface area contributed by atoms with E-state index >= 15 is 0 Å². The zero-order chi connectivity index (χ0) is 35.0. The number of carbonyl (C=O) groups is 1. The van der Waals surface area contributed by atoms with Crippen LogP contribution in [0.5, 0.6) is 5.75 Å². The first kappa shape index (κ1) is 35.7. The van der Waals surface area contributed by atoms with Crippen molar-refractivity contribution in [2.45, 2.75) is 93.4 Å². The Morgan fingerprint density at radius 1 is 1.14 bits per heavy atom. The number of hydrogen-bond acceptors (Lipinski definition) is 7. The quantitative estimate of drug-likeness (QED) is 0.199. The van der Waals surface area contributed by atoms with Crippen LogP contribution in [0, 0.1) is 11.8 Å². The molecule has 0 saturated heterocycles. The highest BCUT2D eigenvalue weighted by Crippen LogP contribution is 2.56. The van der Waals surface area contributed by atoms with Gasteiger partial charge in [-0.25, -0.2) is 13.2 Å². The van der Waals surface area contributed by atoms with Crippen LogP contribution in [-0.4, -0.2) is 67.9 Å². The first-order valence-electron chi connectivity index (χ1n) is 17.7.